The number of rotatable bonds is 6. The summed E-state index contributed by atoms with van der Waals surface area (Å²) in [4.78, 5) is 11.5. The molecule has 1 saturated carbocycles. The molecule has 7 heteroatoms. The van der Waals surface area contributed by atoms with Gasteiger partial charge in [-0.2, -0.15) is 0 Å². The lowest BCUT2D eigenvalue weighted by atomic mass is 10.6. The third-order valence-corrected chi connectivity index (χ3v) is 3.53. The number of hydrogen-bond acceptors (Lipinski definition) is 5. The standard InChI is InChI=1S/C10H17N5OS/c1-2-15-8(5-11)13-14-10(15)17-6-9(16)12-7-3-4-7/h7H,2-6,11H2,1H3,(H,12,16). The molecule has 0 saturated heterocycles. The van der Waals surface area contributed by atoms with Gasteiger partial charge in [0.2, 0.25) is 5.91 Å². The van der Waals surface area contributed by atoms with Crippen LogP contribution in [0.15, 0.2) is 5.16 Å². The molecule has 0 radical (unpaired) electrons. The molecule has 94 valence electrons. The Morgan fingerprint density at radius 2 is 2.35 bits per heavy atom. The maximum Gasteiger partial charge on any atom is 0.230 e. The van der Waals surface area contributed by atoms with Crippen LogP contribution in [0.25, 0.3) is 0 Å². The fourth-order valence-electron chi connectivity index (χ4n) is 1.52. The number of nitrogens with zero attached hydrogens (tertiary/aromatic N) is 3. The van der Waals surface area contributed by atoms with Crippen molar-refractivity contribution in [3.8, 4) is 0 Å². The molecule has 0 atom stereocenters. The minimum absolute atomic E-state index is 0.0671. The topological polar surface area (TPSA) is 85.8 Å². The summed E-state index contributed by atoms with van der Waals surface area (Å²) in [7, 11) is 0. The summed E-state index contributed by atoms with van der Waals surface area (Å²) >= 11 is 1.41. The number of hydrogen-bond donors (Lipinski definition) is 2. The number of aromatic nitrogens is 3. The minimum Gasteiger partial charge on any atom is -0.353 e. The van der Waals surface area contributed by atoms with Crippen molar-refractivity contribution in [2.45, 2.75) is 44.1 Å². The highest BCUT2D eigenvalue weighted by Gasteiger charge is 2.23. The van der Waals surface area contributed by atoms with Crippen molar-refractivity contribution in [3.05, 3.63) is 5.82 Å². The van der Waals surface area contributed by atoms with E-state index in [1.807, 2.05) is 11.5 Å². The van der Waals surface area contributed by atoms with E-state index in [1.165, 1.54) is 11.8 Å². The second-order valence-electron chi connectivity index (χ2n) is 3.98. The Morgan fingerprint density at radius 3 is 2.94 bits per heavy atom. The van der Waals surface area contributed by atoms with Crippen molar-refractivity contribution in [2.24, 2.45) is 5.73 Å². The summed E-state index contributed by atoms with van der Waals surface area (Å²) in [6, 6.07) is 0.409. The molecule has 0 unspecified atom stereocenters. The molecule has 1 fully saturated rings. The van der Waals surface area contributed by atoms with Crippen LogP contribution < -0.4 is 11.1 Å². The van der Waals surface area contributed by atoms with E-state index in [1.54, 1.807) is 0 Å². The van der Waals surface area contributed by atoms with Crippen molar-refractivity contribution in [1.82, 2.24) is 20.1 Å². The van der Waals surface area contributed by atoms with E-state index in [9.17, 15) is 4.79 Å². The van der Waals surface area contributed by atoms with Crippen molar-refractivity contribution < 1.29 is 4.79 Å². The summed E-state index contributed by atoms with van der Waals surface area (Å²) in [5.74, 6) is 1.22. The maximum absolute atomic E-state index is 11.5. The predicted octanol–water partition coefficient (Wildman–Crippen LogP) is 0.127. The second kappa shape index (κ2) is 5.50. The van der Waals surface area contributed by atoms with Crippen molar-refractivity contribution in [3.63, 3.8) is 0 Å². The van der Waals surface area contributed by atoms with Gasteiger partial charge >= 0.3 is 0 Å². The Kier molecular flexibility index (Phi) is 4.01. The smallest absolute Gasteiger partial charge is 0.230 e. The van der Waals surface area contributed by atoms with Crippen LogP contribution in [-0.2, 0) is 17.9 Å². The Balaban J connectivity index is 1.88. The van der Waals surface area contributed by atoms with E-state index >= 15 is 0 Å². The van der Waals surface area contributed by atoms with Crippen LogP contribution in [-0.4, -0.2) is 32.5 Å². The second-order valence-corrected chi connectivity index (χ2v) is 4.92. The van der Waals surface area contributed by atoms with Crippen molar-refractivity contribution >= 4 is 17.7 Å². The van der Waals surface area contributed by atoms with Crippen LogP contribution in [0, 0.1) is 0 Å². The first kappa shape index (κ1) is 12.4. The average Bonchev–Trinajstić information content (AvgIpc) is 3.04. The molecule has 1 aromatic rings. The predicted molar refractivity (Wildman–Crippen MR) is 65.5 cm³/mol. The van der Waals surface area contributed by atoms with Gasteiger partial charge in [0.25, 0.3) is 0 Å². The lowest BCUT2D eigenvalue weighted by Gasteiger charge is -2.06. The molecule has 3 N–H and O–H groups in total. The average molecular weight is 255 g/mol. The number of nitrogens with one attached hydrogen (secondary N) is 1. The molecular formula is C10H17N5OS. The van der Waals surface area contributed by atoms with Crippen molar-refractivity contribution in [1.29, 1.82) is 0 Å². The van der Waals surface area contributed by atoms with E-state index in [0.717, 1.165) is 30.4 Å². The molecule has 1 amide bonds. The van der Waals surface area contributed by atoms with Gasteiger partial charge in [0.05, 0.1) is 12.3 Å². The summed E-state index contributed by atoms with van der Waals surface area (Å²) in [5, 5.41) is 11.7. The zero-order valence-corrected chi connectivity index (χ0v) is 10.7. The number of amides is 1. The molecule has 0 bridgehead atoms. The first-order valence-corrected chi connectivity index (χ1v) is 6.77. The number of nitrogens with two attached hydrogens (primary N) is 1. The van der Waals surface area contributed by atoms with E-state index in [2.05, 4.69) is 15.5 Å². The Labute approximate surface area is 104 Å². The van der Waals surface area contributed by atoms with Crippen molar-refractivity contribution in [2.75, 3.05) is 5.75 Å². The van der Waals surface area contributed by atoms with Gasteiger partial charge in [0, 0.05) is 12.6 Å². The quantitative estimate of drug-likeness (QED) is 0.706. The van der Waals surface area contributed by atoms with Crippen LogP contribution >= 0.6 is 11.8 Å². The number of thioether (sulfide) groups is 1. The highest BCUT2D eigenvalue weighted by atomic mass is 32.2. The van der Waals surface area contributed by atoms with E-state index < -0.39 is 0 Å². The Bertz CT molecular complexity index is 401. The third kappa shape index (κ3) is 3.19. The van der Waals surface area contributed by atoms with Crippen LogP contribution in [0.2, 0.25) is 0 Å². The maximum atomic E-state index is 11.5. The molecule has 1 heterocycles. The molecule has 2 rings (SSSR count). The largest absolute Gasteiger partial charge is 0.353 e. The monoisotopic (exact) mass is 255 g/mol. The fourth-order valence-corrected chi connectivity index (χ4v) is 2.35. The molecule has 17 heavy (non-hydrogen) atoms. The SMILES string of the molecule is CCn1c(CN)nnc1SCC(=O)NC1CC1. The minimum atomic E-state index is 0.0671. The van der Waals surface area contributed by atoms with Crippen LogP contribution in [0.5, 0.6) is 0 Å². The van der Waals surface area contributed by atoms with Gasteiger partial charge in [-0.3, -0.25) is 4.79 Å². The summed E-state index contributed by atoms with van der Waals surface area (Å²) in [5.41, 5.74) is 5.56. The van der Waals surface area contributed by atoms with E-state index in [0.29, 0.717) is 18.3 Å². The lowest BCUT2D eigenvalue weighted by Crippen LogP contribution is -2.27. The molecule has 0 spiro atoms. The Hall–Kier alpha value is -1.08. The molecule has 1 aromatic heterocycles. The third-order valence-electron chi connectivity index (χ3n) is 2.57. The van der Waals surface area contributed by atoms with Gasteiger partial charge in [-0.1, -0.05) is 11.8 Å². The lowest BCUT2D eigenvalue weighted by molar-refractivity contribution is -0.118. The Morgan fingerprint density at radius 1 is 1.59 bits per heavy atom. The van der Waals surface area contributed by atoms with Gasteiger partial charge in [0.15, 0.2) is 5.16 Å². The molecule has 0 aliphatic heterocycles. The van der Waals surface area contributed by atoms with Crippen LogP contribution in [0.4, 0.5) is 0 Å². The van der Waals surface area contributed by atoms with Crippen LogP contribution in [0.1, 0.15) is 25.6 Å². The number of carbonyl (C=O) groups is 1. The highest BCUT2D eigenvalue weighted by molar-refractivity contribution is 7.99. The summed E-state index contributed by atoms with van der Waals surface area (Å²) < 4.78 is 1.94. The zero-order chi connectivity index (χ0) is 12.3. The summed E-state index contributed by atoms with van der Waals surface area (Å²) in [6.45, 7) is 3.15. The van der Waals surface area contributed by atoms with Crippen LogP contribution in [0.3, 0.4) is 0 Å². The van der Waals surface area contributed by atoms with Gasteiger partial charge in [-0.05, 0) is 19.8 Å². The van der Waals surface area contributed by atoms with Gasteiger partial charge in [0.1, 0.15) is 5.82 Å². The molecular weight excluding hydrogens is 238 g/mol. The molecule has 0 aromatic carbocycles. The first-order chi connectivity index (χ1) is 8.24. The number of carbonyl (C=O) groups excluding carboxylic acids is 1. The van der Waals surface area contributed by atoms with Gasteiger partial charge in [-0.25, -0.2) is 0 Å². The fraction of sp³-hybridized carbons (Fsp3) is 0.700. The van der Waals surface area contributed by atoms with E-state index in [4.69, 9.17) is 5.73 Å². The molecule has 6 nitrogen and oxygen atoms in total. The molecule has 1 aliphatic carbocycles. The molecule has 1 aliphatic rings. The van der Waals surface area contributed by atoms with Gasteiger partial charge < -0.3 is 15.6 Å². The normalized spacial score (nSPS) is 14.9. The summed E-state index contributed by atoms with van der Waals surface area (Å²) in [6.07, 6.45) is 2.22. The highest BCUT2D eigenvalue weighted by Crippen LogP contribution is 2.20. The zero-order valence-electron chi connectivity index (χ0n) is 9.85. The first-order valence-electron chi connectivity index (χ1n) is 5.79. The van der Waals surface area contributed by atoms with E-state index in [-0.39, 0.29) is 5.91 Å². The van der Waals surface area contributed by atoms with Gasteiger partial charge in [-0.15, -0.1) is 10.2 Å².